The first kappa shape index (κ1) is 13.9. The fourth-order valence-electron chi connectivity index (χ4n) is 1.50. The molecule has 0 saturated heterocycles. The predicted octanol–water partition coefficient (Wildman–Crippen LogP) is 0.951. The van der Waals surface area contributed by atoms with Gasteiger partial charge in [0.25, 0.3) is 0 Å². The van der Waals surface area contributed by atoms with Crippen LogP contribution >= 0.6 is 11.8 Å². The van der Waals surface area contributed by atoms with Crippen molar-refractivity contribution in [3.05, 3.63) is 11.4 Å². The fraction of sp³-hybridized carbons (Fsp3) is 0.636. The number of amides is 1. The van der Waals surface area contributed by atoms with E-state index in [4.69, 9.17) is 5.73 Å². The number of aryl methyl sites for hydroxylation is 1. The molecule has 1 heterocycles. The monoisotopic (exact) mass is 256 g/mol. The number of carbonyl (C=O) groups excluding carboxylic acids is 1. The molecule has 0 aliphatic carbocycles. The van der Waals surface area contributed by atoms with Gasteiger partial charge in [-0.3, -0.25) is 9.48 Å². The van der Waals surface area contributed by atoms with Crippen molar-refractivity contribution in [2.24, 2.45) is 0 Å². The third kappa shape index (κ3) is 3.96. The van der Waals surface area contributed by atoms with Crippen molar-refractivity contribution < 1.29 is 4.79 Å². The number of carbonyl (C=O) groups is 1. The van der Waals surface area contributed by atoms with Crippen LogP contribution in [-0.4, -0.2) is 34.2 Å². The summed E-state index contributed by atoms with van der Waals surface area (Å²) in [4.78, 5) is 11.6. The number of thioether (sulfide) groups is 1. The first-order valence-electron chi connectivity index (χ1n) is 5.61. The molecule has 1 aromatic heterocycles. The van der Waals surface area contributed by atoms with E-state index in [2.05, 4.69) is 16.7 Å². The second-order valence-corrected chi connectivity index (χ2v) is 4.92. The summed E-state index contributed by atoms with van der Waals surface area (Å²) < 4.78 is 1.65. The van der Waals surface area contributed by atoms with Gasteiger partial charge in [-0.15, -0.1) is 0 Å². The van der Waals surface area contributed by atoms with Crippen LogP contribution in [0.2, 0.25) is 0 Å². The maximum Gasteiger partial charge on any atom is 0.241 e. The molecule has 0 aliphatic heterocycles. The minimum atomic E-state index is -0.0169. The number of hydrogen-bond donors (Lipinski definition) is 2. The standard InChI is InChI=1S/C11H20N4OS/c1-8-11(12)9(2)15(14-8)7-10(16)13-5-4-6-17-3/h4-7,12H2,1-3H3,(H,13,16). The zero-order chi connectivity index (χ0) is 12.8. The number of nitrogens with zero attached hydrogens (tertiary/aromatic N) is 2. The molecule has 0 aromatic carbocycles. The summed E-state index contributed by atoms with van der Waals surface area (Å²) in [5, 5.41) is 7.09. The zero-order valence-electron chi connectivity index (χ0n) is 10.6. The predicted molar refractivity (Wildman–Crippen MR) is 72.1 cm³/mol. The highest BCUT2D eigenvalue weighted by Gasteiger charge is 2.10. The number of rotatable bonds is 6. The largest absolute Gasteiger partial charge is 0.396 e. The Labute approximate surface area is 106 Å². The lowest BCUT2D eigenvalue weighted by molar-refractivity contribution is -0.121. The van der Waals surface area contributed by atoms with E-state index >= 15 is 0 Å². The van der Waals surface area contributed by atoms with Gasteiger partial charge in [0.2, 0.25) is 5.91 Å². The Morgan fingerprint density at radius 1 is 1.53 bits per heavy atom. The molecule has 0 radical (unpaired) electrons. The van der Waals surface area contributed by atoms with E-state index in [0.717, 1.165) is 23.6 Å². The molecule has 6 heteroatoms. The Morgan fingerprint density at radius 2 is 2.24 bits per heavy atom. The molecular weight excluding hydrogens is 236 g/mol. The third-order valence-electron chi connectivity index (χ3n) is 2.58. The van der Waals surface area contributed by atoms with Gasteiger partial charge in [-0.2, -0.15) is 16.9 Å². The van der Waals surface area contributed by atoms with Gasteiger partial charge in [-0.1, -0.05) is 0 Å². The topological polar surface area (TPSA) is 72.9 Å². The van der Waals surface area contributed by atoms with E-state index < -0.39 is 0 Å². The Kier molecular flexibility index (Phi) is 5.34. The smallest absolute Gasteiger partial charge is 0.241 e. The van der Waals surface area contributed by atoms with Crippen molar-refractivity contribution in [3.63, 3.8) is 0 Å². The van der Waals surface area contributed by atoms with E-state index in [1.807, 2.05) is 13.8 Å². The van der Waals surface area contributed by atoms with E-state index in [9.17, 15) is 4.79 Å². The van der Waals surface area contributed by atoms with Crippen LogP contribution in [0.1, 0.15) is 17.8 Å². The molecule has 1 aromatic rings. The number of nitrogens with two attached hydrogens (primary N) is 1. The number of hydrogen-bond acceptors (Lipinski definition) is 4. The average molecular weight is 256 g/mol. The Balaban J connectivity index is 2.42. The fourth-order valence-corrected chi connectivity index (χ4v) is 1.93. The van der Waals surface area contributed by atoms with Crippen LogP contribution in [0, 0.1) is 13.8 Å². The summed E-state index contributed by atoms with van der Waals surface area (Å²) >= 11 is 1.78. The second-order valence-electron chi connectivity index (χ2n) is 3.94. The van der Waals surface area contributed by atoms with Crippen LogP contribution in [-0.2, 0) is 11.3 Å². The highest BCUT2D eigenvalue weighted by Crippen LogP contribution is 2.14. The molecular formula is C11H20N4OS. The number of anilines is 1. The molecule has 5 nitrogen and oxygen atoms in total. The SMILES string of the molecule is CSCCCNC(=O)Cn1nc(C)c(N)c1C. The van der Waals surface area contributed by atoms with Gasteiger partial charge in [0, 0.05) is 6.54 Å². The van der Waals surface area contributed by atoms with Gasteiger partial charge in [0.05, 0.1) is 17.1 Å². The molecule has 0 unspecified atom stereocenters. The van der Waals surface area contributed by atoms with E-state index in [-0.39, 0.29) is 12.5 Å². The lowest BCUT2D eigenvalue weighted by Gasteiger charge is -2.06. The van der Waals surface area contributed by atoms with Gasteiger partial charge < -0.3 is 11.1 Å². The summed E-state index contributed by atoms with van der Waals surface area (Å²) in [6.45, 7) is 4.67. The highest BCUT2D eigenvalue weighted by atomic mass is 32.2. The zero-order valence-corrected chi connectivity index (χ0v) is 11.4. The first-order valence-corrected chi connectivity index (χ1v) is 7.00. The lowest BCUT2D eigenvalue weighted by Crippen LogP contribution is -2.29. The highest BCUT2D eigenvalue weighted by molar-refractivity contribution is 7.98. The second kappa shape index (κ2) is 6.54. The molecule has 0 saturated carbocycles. The minimum Gasteiger partial charge on any atom is -0.396 e. The Bertz CT molecular complexity index is 389. The average Bonchev–Trinajstić information content (AvgIpc) is 2.53. The van der Waals surface area contributed by atoms with Crippen molar-refractivity contribution in [1.82, 2.24) is 15.1 Å². The van der Waals surface area contributed by atoms with Crippen molar-refractivity contribution in [1.29, 1.82) is 0 Å². The van der Waals surface area contributed by atoms with Gasteiger partial charge in [0.1, 0.15) is 6.54 Å². The quantitative estimate of drug-likeness (QED) is 0.743. The normalized spacial score (nSPS) is 10.5. The molecule has 1 amide bonds. The molecule has 0 spiro atoms. The summed E-state index contributed by atoms with van der Waals surface area (Å²) in [6, 6.07) is 0. The van der Waals surface area contributed by atoms with Crippen molar-refractivity contribution in [3.8, 4) is 0 Å². The molecule has 17 heavy (non-hydrogen) atoms. The van der Waals surface area contributed by atoms with Crippen LogP contribution in [0.15, 0.2) is 0 Å². The lowest BCUT2D eigenvalue weighted by atomic mass is 10.3. The van der Waals surface area contributed by atoms with Crippen molar-refractivity contribution >= 4 is 23.4 Å². The molecule has 0 aliphatic rings. The van der Waals surface area contributed by atoms with Crippen LogP contribution in [0.3, 0.4) is 0 Å². The summed E-state index contributed by atoms with van der Waals surface area (Å²) in [6.07, 6.45) is 3.05. The van der Waals surface area contributed by atoms with E-state index in [0.29, 0.717) is 12.2 Å². The van der Waals surface area contributed by atoms with E-state index in [1.165, 1.54) is 0 Å². The molecule has 96 valence electrons. The van der Waals surface area contributed by atoms with Gasteiger partial charge in [-0.05, 0) is 32.3 Å². The van der Waals surface area contributed by atoms with Crippen LogP contribution in [0.4, 0.5) is 5.69 Å². The van der Waals surface area contributed by atoms with Gasteiger partial charge in [-0.25, -0.2) is 0 Å². The number of nitrogens with one attached hydrogen (secondary N) is 1. The van der Waals surface area contributed by atoms with Crippen LogP contribution < -0.4 is 11.1 Å². The van der Waals surface area contributed by atoms with Crippen molar-refractivity contribution in [2.45, 2.75) is 26.8 Å². The Hall–Kier alpha value is -1.17. The summed E-state index contributed by atoms with van der Waals surface area (Å²) in [5.41, 5.74) is 8.09. The molecule has 0 atom stereocenters. The molecule has 1 rings (SSSR count). The van der Waals surface area contributed by atoms with Gasteiger partial charge in [0.15, 0.2) is 0 Å². The van der Waals surface area contributed by atoms with Crippen LogP contribution in [0.25, 0.3) is 0 Å². The van der Waals surface area contributed by atoms with E-state index in [1.54, 1.807) is 16.4 Å². The molecule has 0 bridgehead atoms. The molecule has 3 N–H and O–H groups in total. The number of nitrogen functional groups attached to an aromatic ring is 1. The third-order valence-corrected chi connectivity index (χ3v) is 3.28. The Morgan fingerprint density at radius 3 is 2.76 bits per heavy atom. The maximum absolute atomic E-state index is 11.6. The van der Waals surface area contributed by atoms with Gasteiger partial charge >= 0.3 is 0 Å². The van der Waals surface area contributed by atoms with Crippen LogP contribution in [0.5, 0.6) is 0 Å². The summed E-state index contributed by atoms with van der Waals surface area (Å²) in [5.74, 6) is 1.05. The summed E-state index contributed by atoms with van der Waals surface area (Å²) in [7, 11) is 0. The first-order chi connectivity index (χ1) is 8.06. The minimum absolute atomic E-state index is 0.0169. The number of aromatic nitrogens is 2. The van der Waals surface area contributed by atoms with Crippen molar-refractivity contribution in [2.75, 3.05) is 24.3 Å². The maximum atomic E-state index is 11.6. The molecule has 0 fully saturated rings.